The Balaban J connectivity index is 2.10. The van der Waals surface area contributed by atoms with Crippen LogP contribution in [0.15, 0.2) is 47.5 Å². The number of amides is 1. The summed E-state index contributed by atoms with van der Waals surface area (Å²) >= 11 is 0. The van der Waals surface area contributed by atoms with Gasteiger partial charge in [0.1, 0.15) is 17.3 Å². The van der Waals surface area contributed by atoms with Crippen LogP contribution >= 0.6 is 0 Å². The predicted molar refractivity (Wildman–Crippen MR) is 106 cm³/mol. The monoisotopic (exact) mass is 351 g/mol. The molecule has 5 heteroatoms. The number of aliphatic imine (C=N–C) groups is 1. The van der Waals surface area contributed by atoms with E-state index in [1.54, 1.807) is 0 Å². The van der Waals surface area contributed by atoms with Crippen LogP contribution in [0.4, 0.5) is 11.4 Å². The summed E-state index contributed by atoms with van der Waals surface area (Å²) in [5, 5.41) is 2.95. The van der Waals surface area contributed by atoms with E-state index in [1.165, 1.54) is 0 Å². The SMILES string of the molecule is CC(C)C(=O)Nc1ccc2c(c1)C(N(C)C(C)C)=Nc1ccccc1O2. The summed E-state index contributed by atoms with van der Waals surface area (Å²) in [6.45, 7) is 7.98. The molecule has 5 nitrogen and oxygen atoms in total. The van der Waals surface area contributed by atoms with Crippen LogP contribution in [0.1, 0.15) is 33.3 Å². The second-order valence-corrected chi connectivity index (χ2v) is 7.06. The standard InChI is InChI=1S/C21H25N3O2/c1-13(2)21(25)22-15-10-11-18-16(12-15)20(24(5)14(3)4)23-17-8-6-7-9-19(17)26-18/h6-14H,1-5H3,(H,22,25). The number of anilines is 1. The van der Waals surface area contributed by atoms with Gasteiger partial charge in [0.15, 0.2) is 5.75 Å². The lowest BCUT2D eigenvalue weighted by Crippen LogP contribution is -2.33. The van der Waals surface area contributed by atoms with Gasteiger partial charge in [0.2, 0.25) is 5.91 Å². The van der Waals surface area contributed by atoms with E-state index in [0.717, 1.165) is 34.3 Å². The molecule has 1 aliphatic rings. The summed E-state index contributed by atoms with van der Waals surface area (Å²) in [4.78, 5) is 19.0. The predicted octanol–water partition coefficient (Wildman–Crippen LogP) is 4.81. The number of hydrogen-bond donors (Lipinski definition) is 1. The van der Waals surface area contributed by atoms with E-state index < -0.39 is 0 Å². The van der Waals surface area contributed by atoms with Crippen molar-refractivity contribution >= 4 is 23.1 Å². The van der Waals surface area contributed by atoms with E-state index >= 15 is 0 Å². The van der Waals surface area contributed by atoms with Crippen molar-refractivity contribution in [2.24, 2.45) is 10.9 Å². The second kappa shape index (κ2) is 7.20. The van der Waals surface area contributed by atoms with Crippen molar-refractivity contribution in [1.82, 2.24) is 4.90 Å². The lowest BCUT2D eigenvalue weighted by Gasteiger charge is -2.26. The van der Waals surface area contributed by atoms with Gasteiger partial charge >= 0.3 is 0 Å². The zero-order valence-electron chi connectivity index (χ0n) is 15.9. The maximum Gasteiger partial charge on any atom is 0.226 e. The minimum atomic E-state index is -0.0826. The molecule has 0 saturated heterocycles. The average Bonchev–Trinajstić information content (AvgIpc) is 2.77. The van der Waals surface area contributed by atoms with Gasteiger partial charge in [0.25, 0.3) is 0 Å². The van der Waals surface area contributed by atoms with Gasteiger partial charge in [-0.3, -0.25) is 4.79 Å². The highest BCUT2D eigenvalue weighted by Gasteiger charge is 2.23. The van der Waals surface area contributed by atoms with Crippen LogP contribution in [-0.2, 0) is 4.79 Å². The van der Waals surface area contributed by atoms with Crippen molar-refractivity contribution in [3.05, 3.63) is 48.0 Å². The molecule has 136 valence electrons. The van der Waals surface area contributed by atoms with Crippen molar-refractivity contribution in [1.29, 1.82) is 0 Å². The lowest BCUT2D eigenvalue weighted by molar-refractivity contribution is -0.118. The fourth-order valence-electron chi connectivity index (χ4n) is 2.60. The number of para-hydroxylation sites is 2. The fraction of sp³-hybridized carbons (Fsp3) is 0.333. The molecule has 0 aromatic heterocycles. The summed E-state index contributed by atoms with van der Waals surface area (Å²) in [7, 11) is 2.01. The lowest BCUT2D eigenvalue weighted by atomic mass is 10.1. The molecule has 2 aromatic carbocycles. The van der Waals surface area contributed by atoms with Gasteiger partial charge in [-0.1, -0.05) is 26.0 Å². The van der Waals surface area contributed by atoms with Crippen molar-refractivity contribution in [3.8, 4) is 11.5 Å². The number of rotatable bonds is 3. The van der Waals surface area contributed by atoms with Gasteiger partial charge in [0, 0.05) is 24.7 Å². The number of amidine groups is 1. The van der Waals surface area contributed by atoms with Gasteiger partial charge in [-0.25, -0.2) is 4.99 Å². The molecule has 0 unspecified atom stereocenters. The van der Waals surface area contributed by atoms with Gasteiger partial charge < -0.3 is 15.0 Å². The molecule has 3 rings (SSSR count). The summed E-state index contributed by atoms with van der Waals surface area (Å²) in [6, 6.07) is 13.7. The first-order valence-corrected chi connectivity index (χ1v) is 8.90. The van der Waals surface area contributed by atoms with Crippen LogP contribution in [0.5, 0.6) is 11.5 Å². The third-order valence-corrected chi connectivity index (χ3v) is 4.43. The Kier molecular flexibility index (Phi) is 4.98. The van der Waals surface area contributed by atoms with Crippen LogP contribution < -0.4 is 10.1 Å². The highest BCUT2D eigenvalue weighted by molar-refractivity contribution is 6.05. The number of nitrogens with zero attached hydrogens (tertiary/aromatic N) is 2. The van der Waals surface area contributed by atoms with E-state index in [9.17, 15) is 4.79 Å². The summed E-state index contributed by atoms with van der Waals surface area (Å²) in [5.74, 6) is 2.17. The number of nitrogens with one attached hydrogen (secondary N) is 1. The first-order chi connectivity index (χ1) is 12.4. The van der Waals surface area contributed by atoms with Crippen LogP contribution in [-0.4, -0.2) is 29.7 Å². The molecular formula is C21H25N3O2. The van der Waals surface area contributed by atoms with E-state index in [2.05, 4.69) is 24.1 Å². The average molecular weight is 351 g/mol. The van der Waals surface area contributed by atoms with E-state index in [4.69, 9.17) is 9.73 Å². The normalized spacial score (nSPS) is 12.7. The zero-order chi connectivity index (χ0) is 18.8. The van der Waals surface area contributed by atoms with Crippen molar-refractivity contribution in [3.63, 3.8) is 0 Å². The zero-order valence-corrected chi connectivity index (χ0v) is 15.9. The van der Waals surface area contributed by atoms with Gasteiger partial charge in [-0.2, -0.15) is 0 Å². The molecular weight excluding hydrogens is 326 g/mol. The molecule has 1 heterocycles. The third-order valence-electron chi connectivity index (χ3n) is 4.43. The fourth-order valence-corrected chi connectivity index (χ4v) is 2.60. The molecule has 0 saturated carbocycles. The van der Waals surface area contributed by atoms with Crippen LogP contribution in [0.3, 0.4) is 0 Å². The van der Waals surface area contributed by atoms with Gasteiger partial charge in [0.05, 0.1) is 5.56 Å². The van der Waals surface area contributed by atoms with Crippen LogP contribution in [0, 0.1) is 5.92 Å². The van der Waals surface area contributed by atoms with Gasteiger partial charge in [-0.15, -0.1) is 0 Å². The molecule has 1 aliphatic heterocycles. The maximum absolute atomic E-state index is 12.1. The minimum Gasteiger partial charge on any atom is -0.454 e. The summed E-state index contributed by atoms with van der Waals surface area (Å²) in [5.41, 5.74) is 2.39. The van der Waals surface area contributed by atoms with Gasteiger partial charge in [-0.05, 0) is 44.2 Å². The number of hydrogen-bond acceptors (Lipinski definition) is 4. The Morgan fingerprint density at radius 1 is 1.08 bits per heavy atom. The molecule has 0 atom stereocenters. The molecule has 26 heavy (non-hydrogen) atoms. The largest absolute Gasteiger partial charge is 0.454 e. The van der Waals surface area contributed by atoms with Crippen LogP contribution in [0.2, 0.25) is 0 Å². The number of fused-ring (bicyclic) bond motifs is 2. The Bertz CT molecular complexity index is 856. The molecule has 1 N–H and O–H groups in total. The van der Waals surface area contributed by atoms with Crippen LogP contribution in [0.25, 0.3) is 0 Å². The summed E-state index contributed by atoms with van der Waals surface area (Å²) < 4.78 is 6.12. The van der Waals surface area contributed by atoms with E-state index in [-0.39, 0.29) is 17.9 Å². The van der Waals surface area contributed by atoms with E-state index in [1.807, 2.05) is 63.4 Å². The smallest absolute Gasteiger partial charge is 0.226 e. The number of carbonyl (C=O) groups is 1. The maximum atomic E-state index is 12.1. The molecule has 0 spiro atoms. The number of benzene rings is 2. The summed E-state index contributed by atoms with van der Waals surface area (Å²) in [6.07, 6.45) is 0. The van der Waals surface area contributed by atoms with Crippen molar-refractivity contribution < 1.29 is 9.53 Å². The third kappa shape index (κ3) is 3.57. The molecule has 1 amide bonds. The first-order valence-electron chi connectivity index (χ1n) is 8.90. The second-order valence-electron chi connectivity index (χ2n) is 7.06. The highest BCUT2D eigenvalue weighted by Crippen LogP contribution is 2.39. The Morgan fingerprint density at radius 2 is 1.81 bits per heavy atom. The Morgan fingerprint density at radius 3 is 2.50 bits per heavy atom. The first kappa shape index (κ1) is 18.0. The van der Waals surface area contributed by atoms with Crippen molar-refractivity contribution in [2.75, 3.05) is 12.4 Å². The molecule has 0 bridgehead atoms. The highest BCUT2D eigenvalue weighted by atomic mass is 16.5. The molecule has 2 aromatic rings. The number of ether oxygens (including phenoxy) is 1. The molecule has 0 radical (unpaired) electrons. The Hall–Kier alpha value is -2.82. The number of carbonyl (C=O) groups excluding carboxylic acids is 1. The molecule has 0 fully saturated rings. The quantitative estimate of drug-likeness (QED) is 0.864. The van der Waals surface area contributed by atoms with E-state index in [0.29, 0.717) is 0 Å². The topological polar surface area (TPSA) is 53.9 Å². The Labute approximate surface area is 154 Å². The van der Waals surface area contributed by atoms with Crippen molar-refractivity contribution in [2.45, 2.75) is 33.7 Å². The minimum absolute atomic E-state index is 0.0153. The molecule has 0 aliphatic carbocycles.